The first-order valence-electron chi connectivity index (χ1n) is 12.1. The number of fused-ring (bicyclic) bond motifs is 6. The molecule has 0 unspecified atom stereocenters. The first-order valence-corrected chi connectivity index (χ1v) is 12.1. The zero-order valence-electron chi connectivity index (χ0n) is 19.7. The normalized spacial score (nSPS) is 46.6. The molecule has 1 aromatic carbocycles. The molecule has 166 valence electrons. The van der Waals surface area contributed by atoms with E-state index in [1.165, 1.54) is 24.8 Å². The van der Waals surface area contributed by atoms with Crippen LogP contribution in [-0.2, 0) is 6.42 Å². The van der Waals surface area contributed by atoms with Gasteiger partial charge in [0.15, 0.2) is 0 Å². The fourth-order valence-electron chi connectivity index (χ4n) is 9.11. The van der Waals surface area contributed by atoms with E-state index < -0.39 is 0 Å². The number of phenols is 1. The van der Waals surface area contributed by atoms with E-state index in [1.54, 1.807) is 0 Å². The number of rotatable bonds is 0. The molecule has 3 heteroatoms. The van der Waals surface area contributed by atoms with E-state index in [0.29, 0.717) is 23.5 Å². The number of aliphatic hydroxyl groups is 1. The number of aryl methyl sites for hydroxylation is 1. The van der Waals surface area contributed by atoms with Crippen LogP contribution in [0.5, 0.6) is 11.5 Å². The molecule has 7 atom stereocenters. The third-order valence-electron chi connectivity index (χ3n) is 10.6. The molecule has 0 bridgehead atoms. The van der Waals surface area contributed by atoms with Crippen molar-refractivity contribution < 1.29 is 14.9 Å². The lowest BCUT2D eigenvalue weighted by Crippen LogP contribution is -2.66. The molecule has 2 N–H and O–H groups in total. The Labute approximate surface area is 182 Å². The summed E-state index contributed by atoms with van der Waals surface area (Å²) in [6, 6.07) is 3.76. The summed E-state index contributed by atoms with van der Waals surface area (Å²) in [5.41, 5.74) is 2.61. The van der Waals surface area contributed by atoms with Gasteiger partial charge in [-0.05, 0) is 110 Å². The molecular weight excluding hydrogens is 372 g/mol. The van der Waals surface area contributed by atoms with Gasteiger partial charge in [-0.1, -0.05) is 27.7 Å². The van der Waals surface area contributed by atoms with Crippen LogP contribution in [-0.4, -0.2) is 21.9 Å². The van der Waals surface area contributed by atoms with Gasteiger partial charge < -0.3 is 14.9 Å². The Kier molecular flexibility index (Phi) is 4.26. The molecule has 30 heavy (non-hydrogen) atoms. The van der Waals surface area contributed by atoms with Gasteiger partial charge in [-0.2, -0.15) is 0 Å². The lowest BCUT2D eigenvalue weighted by Gasteiger charge is -2.69. The molecule has 5 rings (SSSR count). The van der Waals surface area contributed by atoms with Crippen LogP contribution in [0, 0.1) is 40.9 Å². The van der Waals surface area contributed by atoms with Crippen molar-refractivity contribution in [3.63, 3.8) is 0 Å². The van der Waals surface area contributed by atoms with Crippen LogP contribution in [0.3, 0.4) is 0 Å². The average molecular weight is 413 g/mol. The van der Waals surface area contributed by atoms with Crippen molar-refractivity contribution in [2.75, 3.05) is 0 Å². The van der Waals surface area contributed by atoms with E-state index in [4.69, 9.17) is 4.74 Å². The summed E-state index contributed by atoms with van der Waals surface area (Å²) >= 11 is 0. The van der Waals surface area contributed by atoms with Crippen LogP contribution in [0.4, 0.5) is 0 Å². The first-order chi connectivity index (χ1) is 13.9. The maximum atomic E-state index is 10.8. The Morgan fingerprint density at radius 2 is 1.50 bits per heavy atom. The van der Waals surface area contributed by atoms with Gasteiger partial charge in [0.1, 0.15) is 17.1 Å². The van der Waals surface area contributed by atoms with Gasteiger partial charge in [-0.3, -0.25) is 0 Å². The van der Waals surface area contributed by atoms with Crippen LogP contribution >= 0.6 is 0 Å². The molecule has 0 aromatic heterocycles. The fraction of sp³-hybridized carbons (Fsp3) is 0.778. The number of benzene rings is 1. The second kappa shape index (κ2) is 6.18. The molecule has 1 aromatic rings. The molecule has 0 saturated heterocycles. The number of phenolic OH excluding ortho intramolecular Hbond substituents is 1. The first kappa shape index (κ1) is 20.7. The quantitative estimate of drug-likeness (QED) is 0.547. The van der Waals surface area contributed by atoms with Crippen molar-refractivity contribution in [1.29, 1.82) is 0 Å². The maximum absolute atomic E-state index is 10.8. The summed E-state index contributed by atoms with van der Waals surface area (Å²) in [6.45, 7) is 14.1. The van der Waals surface area contributed by atoms with E-state index in [9.17, 15) is 10.2 Å². The lowest BCUT2D eigenvalue weighted by atomic mass is 9.37. The van der Waals surface area contributed by atoms with E-state index in [-0.39, 0.29) is 27.9 Å². The molecule has 0 amide bonds. The second-order valence-electron chi connectivity index (χ2n) is 12.5. The lowest BCUT2D eigenvalue weighted by molar-refractivity contribution is -0.223. The minimum absolute atomic E-state index is 0.00630. The van der Waals surface area contributed by atoms with Gasteiger partial charge >= 0.3 is 0 Å². The van der Waals surface area contributed by atoms with Crippen molar-refractivity contribution in [2.24, 2.45) is 34.0 Å². The molecule has 0 radical (unpaired) electrons. The smallest absolute Gasteiger partial charge is 0.126 e. The highest BCUT2D eigenvalue weighted by Crippen LogP contribution is 2.70. The van der Waals surface area contributed by atoms with Crippen LogP contribution in [0.1, 0.15) is 84.3 Å². The molecule has 0 spiro atoms. The van der Waals surface area contributed by atoms with Gasteiger partial charge in [0.05, 0.1) is 6.10 Å². The summed E-state index contributed by atoms with van der Waals surface area (Å²) in [5, 5.41) is 21.0. The summed E-state index contributed by atoms with van der Waals surface area (Å²) in [7, 11) is 0. The molecular formula is C27H40O3. The topological polar surface area (TPSA) is 49.7 Å². The van der Waals surface area contributed by atoms with Crippen LogP contribution in [0.2, 0.25) is 0 Å². The van der Waals surface area contributed by atoms with Crippen molar-refractivity contribution >= 4 is 0 Å². The van der Waals surface area contributed by atoms with Gasteiger partial charge in [0, 0.05) is 5.92 Å². The SMILES string of the molecule is Cc1cc(O)cc2c1O[C@]1(C)CC[C@@H]3[C@@]4(C)CC[C@H](O)C(C)(C)[C@@H]4CC[C@@]3(C)[C@@H]1C2. The molecule has 3 saturated carbocycles. The van der Waals surface area contributed by atoms with Gasteiger partial charge in [-0.25, -0.2) is 0 Å². The predicted octanol–water partition coefficient (Wildman–Crippen LogP) is 6.02. The van der Waals surface area contributed by atoms with Crippen molar-refractivity contribution in [1.82, 2.24) is 0 Å². The Balaban J connectivity index is 1.56. The monoisotopic (exact) mass is 412 g/mol. The Morgan fingerprint density at radius 1 is 0.867 bits per heavy atom. The Hall–Kier alpha value is -1.22. The zero-order valence-corrected chi connectivity index (χ0v) is 19.7. The summed E-state index contributed by atoms with van der Waals surface area (Å²) in [5.74, 6) is 3.08. The minimum atomic E-state index is -0.176. The number of aliphatic hydroxyl groups excluding tert-OH is 1. The van der Waals surface area contributed by atoms with E-state index in [2.05, 4.69) is 41.5 Å². The standard InChI is InChI=1S/C27H40O3/c1-16-13-18(28)14-17-15-21-26(5)10-7-19-24(2,3)22(29)9-11-25(19,4)20(26)8-12-27(21,6)30-23(16)17/h13-14,19-22,28-29H,7-12,15H2,1-6H3/t19-,20+,21-,22-,25-,26+,27+/m0/s1. The molecule has 4 aliphatic rings. The molecule has 1 aliphatic heterocycles. The predicted molar refractivity (Wildman–Crippen MR) is 120 cm³/mol. The molecule has 3 nitrogen and oxygen atoms in total. The summed E-state index contributed by atoms with van der Waals surface area (Å²) in [6.07, 6.45) is 7.63. The van der Waals surface area contributed by atoms with Gasteiger partial charge in [-0.15, -0.1) is 0 Å². The Bertz CT molecular complexity index is 875. The van der Waals surface area contributed by atoms with E-state index in [1.807, 2.05) is 12.1 Å². The minimum Gasteiger partial charge on any atom is -0.508 e. The third kappa shape index (κ3) is 2.54. The maximum Gasteiger partial charge on any atom is 0.126 e. The van der Waals surface area contributed by atoms with Crippen LogP contribution < -0.4 is 4.74 Å². The fourth-order valence-corrected chi connectivity index (χ4v) is 9.11. The molecule has 1 heterocycles. The van der Waals surface area contributed by atoms with E-state index in [0.717, 1.165) is 37.0 Å². The number of aromatic hydroxyl groups is 1. The van der Waals surface area contributed by atoms with Crippen molar-refractivity contribution in [2.45, 2.75) is 98.2 Å². The second-order valence-corrected chi connectivity index (χ2v) is 12.5. The summed E-state index contributed by atoms with van der Waals surface area (Å²) in [4.78, 5) is 0. The van der Waals surface area contributed by atoms with Crippen LogP contribution in [0.25, 0.3) is 0 Å². The van der Waals surface area contributed by atoms with E-state index >= 15 is 0 Å². The van der Waals surface area contributed by atoms with Crippen molar-refractivity contribution in [3.05, 3.63) is 23.3 Å². The van der Waals surface area contributed by atoms with Gasteiger partial charge in [0.2, 0.25) is 0 Å². The highest BCUT2D eigenvalue weighted by molar-refractivity contribution is 5.48. The van der Waals surface area contributed by atoms with Crippen molar-refractivity contribution in [3.8, 4) is 11.5 Å². The number of ether oxygens (including phenoxy) is 1. The largest absolute Gasteiger partial charge is 0.508 e. The van der Waals surface area contributed by atoms with Gasteiger partial charge in [0.25, 0.3) is 0 Å². The highest BCUT2D eigenvalue weighted by atomic mass is 16.5. The number of hydrogen-bond acceptors (Lipinski definition) is 3. The van der Waals surface area contributed by atoms with Crippen LogP contribution in [0.15, 0.2) is 12.1 Å². The summed E-state index contributed by atoms with van der Waals surface area (Å²) < 4.78 is 6.80. The zero-order chi connectivity index (χ0) is 21.7. The average Bonchev–Trinajstić information content (AvgIpc) is 2.64. The third-order valence-corrected chi connectivity index (χ3v) is 10.6. The number of hydrogen-bond donors (Lipinski definition) is 2. The highest BCUT2D eigenvalue weighted by Gasteiger charge is 2.66. The molecule has 3 fully saturated rings. The Morgan fingerprint density at radius 3 is 2.23 bits per heavy atom. The molecule has 3 aliphatic carbocycles.